The van der Waals surface area contributed by atoms with Crippen LogP contribution in [0.2, 0.25) is 0 Å². The molecule has 0 saturated heterocycles. The Balaban J connectivity index is 0.981. The van der Waals surface area contributed by atoms with Gasteiger partial charge in [-0.15, -0.1) is 0 Å². The predicted octanol–water partition coefficient (Wildman–Crippen LogP) is 15.0. The molecule has 0 saturated carbocycles. The van der Waals surface area contributed by atoms with Crippen LogP contribution in [0.25, 0.3) is 93.7 Å². The van der Waals surface area contributed by atoms with Crippen LogP contribution in [-0.4, -0.2) is 18.7 Å². The van der Waals surface area contributed by atoms with Crippen molar-refractivity contribution in [1.29, 1.82) is 0 Å². The molecule has 0 fully saturated rings. The van der Waals surface area contributed by atoms with Gasteiger partial charge in [-0.3, -0.25) is 4.57 Å². The predicted molar refractivity (Wildman–Crippen MR) is 251 cm³/mol. The van der Waals surface area contributed by atoms with Crippen LogP contribution in [0.3, 0.4) is 0 Å². The molecule has 0 bridgehead atoms. The summed E-state index contributed by atoms with van der Waals surface area (Å²) in [5.41, 5.74) is 17.3. The minimum Gasteiger partial charge on any atom is -0.347 e. The largest absolute Gasteiger partial charge is 0.347 e. The normalized spacial score (nSPS) is 12.1. The Bertz CT molecular complexity index is 3350. The van der Waals surface area contributed by atoms with Crippen LogP contribution in [0, 0.1) is 6.92 Å². The highest BCUT2D eigenvalue weighted by Crippen LogP contribution is 2.39. The number of benzene rings is 7. The van der Waals surface area contributed by atoms with Crippen molar-refractivity contribution in [3.05, 3.63) is 175 Å². The van der Waals surface area contributed by atoms with Crippen LogP contribution in [-0.2, 0) is 12.8 Å². The summed E-state index contributed by atoms with van der Waals surface area (Å²) in [4.78, 5) is 3.53. The number of hydrogen-bond donors (Lipinski definition) is 1. The van der Waals surface area contributed by atoms with Gasteiger partial charge in [0.25, 0.3) is 0 Å². The van der Waals surface area contributed by atoms with Crippen molar-refractivity contribution in [1.82, 2.24) is 18.7 Å². The van der Waals surface area contributed by atoms with Gasteiger partial charge < -0.3 is 14.1 Å². The first-order chi connectivity index (χ1) is 29.1. The van der Waals surface area contributed by atoms with Crippen LogP contribution in [0.4, 0.5) is 0 Å². The molecule has 4 nitrogen and oxygen atoms in total. The van der Waals surface area contributed by atoms with Crippen molar-refractivity contribution in [3.8, 4) is 28.2 Å². The lowest BCUT2D eigenvalue weighted by Crippen LogP contribution is -1.96. The van der Waals surface area contributed by atoms with E-state index in [0.717, 1.165) is 24.2 Å². The lowest BCUT2D eigenvalue weighted by atomic mass is 10.0. The number of aromatic amines is 1. The number of para-hydroxylation sites is 1. The average molecular weight is 765 g/mol. The van der Waals surface area contributed by atoms with E-state index in [1.54, 1.807) is 0 Å². The maximum absolute atomic E-state index is 3.53. The van der Waals surface area contributed by atoms with Gasteiger partial charge >= 0.3 is 0 Å². The van der Waals surface area contributed by atoms with Crippen molar-refractivity contribution in [2.45, 2.75) is 59.3 Å². The molecule has 0 unspecified atom stereocenters. The van der Waals surface area contributed by atoms with E-state index < -0.39 is 0 Å². The van der Waals surface area contributed by atoms with Gasteiger partial charge in [0.15, 0.2) is 0 Å². The Morgan fingerprint density at radius 1 is 0.407 bits per heavy atom. The van der Waals surface area contributed by atoms with Gasteiger partial charge in [0.2, 0.25) is 0 Å². The number of fused-ring (bicyclic) bond motifs is 9. The first-order valence-corrected chi connectivity index (χ1v) is 21.5. The van der Waals surface area contributed by atoms with Gasteiger partial charge in [0.05, 0.1) is 27.6 Å². The summed E-state index contributed by atoms with van der Waals surface area (Å²) in [5, 5.41) is 7.67. The third kappa shape index (κ3) is 5.80. The third-order valence-corrected chi connectivity index (χ3v) is 12.7. The minimum atomic E-state index is 1.12. The van der Waals surface area contributed by atoms with Crippen LogP contribution in [0.1, 0.15) is 56.2 Å². The third-order valence-electron chi connectivity index (χ3n) is 12.7. The zero-order valence-electron chi connectivity index (χ0n) is 34.1. The highest BCUT2D eigenvalue weighted by molar-refractivity contribution is 6.13. The standard InChI is InChI=1S/C55H48N4/c1-4-6-10-37-15-21-42(22-16-37)59-54-28-20-40(34-48(54)45-30-31-56-55(45)59)39-18-23-41(24-19-39)57-50-13-9-8-12-44(50)49-35-43(25-29-53(49)57)58-51-26-14-36(3)32-46(51)47-33-38(11-7-5-2)17-27-52(47)58/h8-9,12-35,56H,4-7,10-11H2,1-3H3. The molecular weight excluding hydrogens is 717 g/mol. The highest BCUT2D eigenvalue weighted by Gasteiger charge is 2.18. The van der Waals surface area contributed by atoms with Gasteiger partial charge in [-0.2, -0.15) is 0 Å². The van der Waals surface area contributed by atoms with Gasteiger partial charge in [-0.1, -0.05) is 92.9 Å². The molecule has 4 aromatic heterocycles. The molecular formula is C55H48N4. The van der Waals surface area contributed by atoms with Crippen LogP contribution >= 0.6 is 0 Å². The lowest BCUT2D eigenvalue weighted by Gasteiger charge is -2.12. The van der Waals surface area contributed by atoms with Gasteiger partial charge in [0, 0.05) is 55.6 Å². The minimum absolute atomic E-state index is 1.12. The van der Waals surface area contributed by atoms with Crippen LogP contribution in [0.15, 0.2) is 158 Å². The van der Waals surface area contributed by atoms with E-state index in [0.29, 0.717) is 0 Å². The molecule has 59 heavy (non-hydrogen) atoms. The maximum Gasteiger partial charge on any atom is 0.123 e. The fraction of sp³-hybridized carbons (Fsp3) is 0.164. The van der Waals surface area contributed by atoms with Crippen molar-refractivity contribution in [3.63, 3.8) is 0 Å². The fourth-order valence-electron chi connectivity index (χ4n) is 9.65. The van der Waals surface area contributed by atoms with Crippen molar-refractivity contribution in [2.75, 3.05) is 0 Å². The quantitative estimate of drug-likeness (QED) is 0.144. The van der Waals surface area contributed by atoms with E-state index in [4.69, 9.17) is 0 Å². The van der Waals surface area contributed by atoms with E-state index in [1.807, 2.05) is 0 Å². The Kier molecular flexibility index (Phi) is 8.55. The molecule has 0 atom stereocenters. The topological polar surface area (TPSA) is 30.6 Å². The van der Waals surface area contributed by atoms with E-state index in [-0.39, 0.29) is 0 Å². The second-order valence-corrected chi connectivity index (χ2v) is 16.5. The Labute approximate surface area is 345 Å². The molecule has 4 heterocycles. The number of H-pyrrole nitrogens is 1. The average Bonchev–Trinajstić information content (AvgIpc) is 4.04. The summed E-state index contributed by atoms with van der Waals surface area (Å²) in [7, 11) is 0. The summed E-state index contributed by atoms with van der Waals surface area (Å²) in [6.07, 6.45) is 9.15. The number of aromatic nitrogens is 4. The molecule has 1 N–H and O–H groups in total. The lowest BCUT2D eigenvalue weighted by molar-refractivity contribution is 0.795. The van der Waals surface area contributed by atoms with Crippen molar-refractivity contribution >= 4 is 65.5 Å². The zero-order chi connectivity index (χ0) is 39.6. The highest BCUT2D eigenvalue weighted by atomic mass is 15.0. The molecule has 11 rings (SSSR count). The molecule has 7 aromatic carbocycles. The Hall–Kier alpha value is -6.78. The summed E-state index contributed by atoms with van der Waals surface area (Å²) >= 11 is 0. The van der Waals surface area contributed by atoms with E-state index in [9.17, 15) is 0 Å². The monoisotopic (exact) mass is 764 g/mol. The number of rotatable bonds is 10. The summed E-state index contributed by atoms with van der Waals surface area (Å²) < 4.78 is 7.25. The first kappa shape index (κ1) is 35.4. The molecule has 0 amide bonds. The smallest absolute Gasteiger partial charge is 0.123 e. The Morgan fingerprint density at radius 3 is 1.75 bits per heavy atom. The zero-order valence-corrected chi connectivity index (χ0v) is 34.1. The maximum atomic E-state index is 3.53. The number of nitrogens with one attached hydrogen (secondary N) is 1. The van der Waals surface area contributed by atoms with Gasteiger partial charge in [0.1, 0.15) is 5.65 Å². The molecule has 0 aliphatic rings. The molecule has 0 aliphatic heterocycles. The molecule has 0 radical (unpaired) electrons. The SMILES string of the molecule is CCCCc1ccc(-n2c3ccc(-c4ccc(-n5c6ccccc6c6cc(-n7c8ccc(C)cc8c8cc(CCCC)ccc87)ccc65)cc4)cc3c3cc[nH]c32)cc1. The summed E-state index contributed by atoms with van der Waals surface area (Å²) in [6.45, 7) is 6.72. The summed E-state index contributed by atoms with van der Waals surface area (Å²) in [6, 6.07) is 57.2. The van der Waals surface area contributed by atoms with E-state index in [1.165, 1.54) is 125 Å². The second kappa shape index (κ2) is 14.2. The fourth-order valence-corrected chi connectivity index (χ4v) is 9.65. The van der Waals surface area contributed by atoms with E-state index >= 15 is 0 Å². The van der Waals surface area contributed by atoms with Crippen LogP contribution in [0.5, 0.6) is 0 Å². The van der Waals surface area contributed by atoms with Gasteiger partial charge in [-0.05, 0) is 146 Å². The number of hydrogen-bond acceptors (Lipinski definition) is 0. The molecule has 0 spiro atoms. The first-order valence-electron chi connectivity index (χ1n) is 21.5. The number of unbranched alkanes of at least 4 members (excludes halogenated alkanes) is 2. The van der Waals surface area contributed by atoms with Crippen molar-refractivity contribution in [2.24, 2.45) is 0 Å². The van der Waals surface area contributed by atoms with Gasteiger partial charge in [-0.25, -0.2) is 0 Å². The van der Waals surface area contributed by atoms with Crippen LogP contribution < -0.4 is 0 Å². The molecule has 0 aliphatic carbocycles. The second-order valence-electron chi connectivity index (χ2n) is 16.5. The van der Waals surface area contributed by atoms with Crippen molar-refractivity contribution < 1.29 is 0 Å². The number of nitrogens with zero attached hydrogens (tertiary/aromatic N) is 3. The Morgan fingerprint density at radius 2 is 0.949 bits per heavy atom. The molecule has 11 aromatic rings. The molecule has 288 valence electrons. The summed E-state index contributed by atoms with van der Waals surface area (Å²) in [5.74, 6) is 0. The number of aryl methyl sites for hydroxylation is 3. The van der Waals surface area contributed by atoms with E-state index in [2.05, 4.69) is 197 Å². The molecule has 4 heteroatoms.